The zero-order valence-corrected chi connectivity index (χ0v) is 15.9. The molecule has 7 heteroatoms. The summed E-state index contributed by atoms with van der Waals surface area (Å²) in [6.45, 7) is 0.483. The van der Waals surface area contributed by atoms with E-state index in [1.165, 1.54) is 22.7 Å². The number of methoxy groups -OCH3 is 1. The number of ether oxygens (including phenoxy) is 2. The highest BCUT2D eigenvalue weighted by Gasteiger charge is 2.22. The van der Waals surface area contributed by atoms with Crippen molar-refractivity contribution >= 4 is 43.9 Å². The molecule has 1 aliphatic rings. The van der Waals surface area contributed by atoms with Gasteiger partial charge in [-0.1, -0.05) is 23.5 Å². The maximum absolute atomic E-state index is 12.7. The molecule has 0 saturated heterocycles. The highest BCUT2D eigenvalue weighted by Crippen LogP contribution is 2.42. The number of thiazole rings is 1. The van der Waals surface area contributed by atoms with Crippen molar-refractivity contribution in [1.29, 1.82) is 0 Å². The van der Waals surface area contributed by atoms with E-state index in [0.29, 0.717) is 16.6 Å². The number of hydrogen-bond acceptors (Lipinski definition) is 6. The Morgan fingerprint density at radius 3 is 2.96 bits per heavy atom. The van der Waals surface area contributed by atoms with Crippen LogP contribution in [0.4, 0.5) is 5.13 Å². The van der Waals surface area contributed by atoms with Crippen molar-refractivity contribution in [2.24, 2.45) is 0 Å². The zero-order chi connectivity index (χ0) is 18.4. The van der Waals surface area contributed by atoms with Gasteiger partial charge in [0.15, 0.2) is 5.13 Å². The summed E-state index contributed by atoms with van der Waals surface area (Å²) in [6.07, 6.45) is 0. The van der Waals surface area contributed by atoms with E-state index >= 15 is 0 Å². The molecule has 0 unspecified atom stereocenters. The number of fused-ring (bicyclic) bond motifs is 4. The Hall–Kier alpha value is -2.90. The van der Waals surface area contributed by atoms with Crippen LogP contribution in [-0.2, 0) is 6.61 Å². The van der Waals surface area contributed by atoms with Crippen molar-refractivity contribution in [2.75, 3.05) is 12.4 Å². The predicted molar refractivity (Wildman–Crippen MR) is 108 cm³/mol. The number of nitrogens with one attached hydrogen (secondary N) is 1. The molecule has 0 bridgehead atoms. The second kappa shape index (κ2) is 6.37. The highest BCUT2D eigenvalue weighted by molar-refractivity contribution is 7.22. The number of thiophene rings is 1. The molecule has 0 radical (unpaired) electrons. The van der Waals surface area contributed by atoms with E-state index in [2.05, 4.69) is 10.3 Å². The van der Waals surface area contributed by atoms with Crippen LogP contribution in [-0.4, -0.2) is 18.0 Å². The summed E-state index contributed by atoms with van der Waals surface area (Å²) < 4.78 is 12.0. The number of rotatable bonds is 3. The van der Waals surface area contributed by atoms with Gasteiger partial charge in [0, 0.05) is 16.0 Å². The Labute approximate surface area is 163 Å². The standard InChI is InChI=1S/C20H14N2O3S2/c1-24-12-6-7-14-16(9-12)27-20(21-14)22-19(23)17-8-11-10-25-15-5-3-2-4-13(15)18(11)26-17/h2-9H,10H2,1H3,(H,21,22,23). The Morgan fingerprint density at radius 1 is 1.19 bits per heavy atom. The van der Waals surface area contributed by atoms with Crippen LogP contribution in [0.1, 0.15) is 15.2 Å². The smallest absolute Gasteiger partial charge is 0.267 e. The van der Waals surface area contributed by atoms with Gasteiger partial charge in [-0.05, 0) is 36.4 Å². The minimum Gasteiger partial charge on any atom is -0.497 e. The Morgan fingerprint density at radius 2 is 2.07 bits per heavy atom. The third-order valence-corrected chi connectivity index (χ3v) is 6.51. The summed E-state index contributed by atoms with van der Waals surface area (Å²) in [6, 6.07) is 15.5. The van der Waals surface area contributed by atoms with Crippen molar-refractivity contribution < 1.29 is 14.3 Å². The maximum Gasteiger partial charge on any atom is 0.267 e. The van der Waals surface area contributed by atoms with E-state index < -0.39 is 0 Å². The van der Waals surface area contributed by atoms with Crippen molar-refractivity contribution in [3.8, 4) is 21.9 Å². The molecule has 4 aromatic rings. The average Bonchev–Trinajstić information content (AvgIpc) is 3.30. The van der Waals surface area contributed by atoms with Gasteiger partial charge >= 0.3 is 0 Å². The molecular formula is C20H14N2O3S2. The molecule has 0 fully saturated rings. The molecule has 1 amide bonds. The van der Waals surface area contributed by atoms with Gasteiger partial charge in [-0.25, -0.2) is 4.98 Å². The predicted octanol–water partition coefficient (Wildman–Crippen LogP) is 5.18. The highest BCUT2D eigenvalue weighted by atomic mass is 32.1. The number of aromatic nitrogens is 1. The minimum absolute atomic E-state index is 0.155. The fourth-order valence-corrected chi connectivity index (χ4v) is 5.04. The number of benzene rings is 2. The van der Waals surface area contributed by atoms with Crippen molar-refractivity contribution in [3.05, 3.63) is 59.0 Å². The number of nitrogens with zero attached hydrogens (tertiary/aromatic N) is 1. The normalized spacial score (nSPS) is 12.2. The molecule has 27 heavy (non-hydrogen) atoms. The molecule has 5 nitrogen and oxygen atoms in total. The first kappa shape index (κ1) is 16.3. The molecule has 0 saturated carbocycles. The Balaban J connectivity index is 1.43. The van der Waals surface area contributed by atoms with Crippen LogP contribution in [0, 0.1) is 0 Å². The van der Waals surface area contributed by atoms with E-state index in [-0.39, 0.29) is 5.91 Å². The lowest BCUT2D eigenvalue weighted by atomic mass is 10.1. The summed E-state index contributed by atoms with van der Waals surface area (Å²) in [5, 5.41) is 3.49. The van der Waals surface area contributed by atoms with Gasteiger partial charge in [0.2, 0.25) is 0 Å². The molecule has 1 N–H and O–H groups in total. The number of carbonyl (C=O) groups excluding carboxylic acids is 1. The molecule has 0 spiro atoms. The molecule has 3 heterocycles. The van der Waals surface area contributed by atoms with Crippen LogP contribution in [0.25, 0.3) is 20.7 Å². The number of hydrogen-bond donors (Lipinski definition) is 1. The van der Waals surface area contributed by atoms with E-state index in [4.69, 9.17) is 9.47 Å². The van der Waals surface area contributed by atoms with Crippen molar-refractivity contribution in [3.63, 3.8) is 0 Å². The van der Waals surface area contributed by atoms with Crippen LogP contribution in [0.2, 0.25) is 0 Å². The van der Waals surface area contributed by atoms with Crippen molar-refractivity contribution in [1.82, 2.24) is 4.98 Å². The summed E-state index contributed by atoms with van der Waals surface area (Å²) >= 11 is 2.91. The first-order valence-electron chi connectivity index (χ1n) is 8.32. The third-order valence-electron chi connectivity index (χ3n) is 4.36. The molecular weight excluding hydrogens is 380 g/mol. The molecule has 2 aromatic carbocycles. The maximum atomic E-state index is 12.7. The summed E-state index contributed by atoms with van der Waals surface area (Å²) in [5.41, 5.74) is 2.91. The summed E-state index contributed by atoms with van der Waals surface area (Å²) in [7, 11) is 1.63. The lowest BCUT2D eigenvalue weighted by molar-refractivity contribution is 0.103. The number of para-hydroxylation sites is 1. The fourth-order valence-electron chi connectivity index (χ4n) is 3.06. The average molecular weight is 394 g/mol. The number of amides is 1. The molecule has 5 rings (SSSR count). The Bertz CT molecular complexity index is 1180. The molecule has 1 aliphatic heterocycles. The van der Waals surface area contributed by atoms with Crippen LogP contribution in [0.15, 0.2) is 48.5 Å². The summed E-state index contributed by atoms with van der Waals surface area (Å²) in [4.78, 5) is 19.0. The monoisotopic (exact) mass is 394 g/mol. The molecule has 0 aliphatic carbocycles. The van der Waals surface area contributed by atoms with Gasteiger partial charge in [-0.15, -0.1) is 11.3 Å². The van der Waals surface area contributed by atoms with E-state index in [1.54, 1.807) is 7.11 Å². The van der Waals surface area contributed by atoms with Gasteiger partial charge in [0.05, 0.1) is 22.2 Å². The minimum atomic E-state index is -0.155. The summed E-state index contributed by atoms with van der Waals surface area (Å²) in [5.74, 6) is 1.48. The first-order chi connectivity index (χ1) is 13.2. The van der Waals surface area contributed by atoms with Crippen molar-refractivity contribution in [2.45, 2.75) is 6.61 Å². The molecule has 2 aromatic heterocycles. The van der Waals surface area contributed by atoms with Gasteiger partial charge in [-0.3, -0.25) is 10.1 Å². The van der Waals surface area contributed by atoms with Crippen LogP contribution >= 0.6 is 22.7 Å². The van der Waals surface area contributed by atoms with E-state index in [0.717, 1.165) is 37.7 Å². The number of carbonyl (C=O) groups is 1. The van der Waals surface area contributed by atoms with Crippen LogP contribution in [0.3, 0.4) is 0 Å². The molecule has 0 atom stereocenters. The fraction of sp³-hybridized carbons (Fsp3) is 0.100. The Kier molecular flexibility index (Phi) is 3.84. The lowest BCUT2D eigenvalue weighted by Gasteiger charge is -2.16. The number of anilines is 1. The van der Waals surface area contributed by atoms with E-state index in [9.17, 15) is 4.79 Å². The van der Waals surface area contributed by atoms with Gasteiger partial charge in [0.1, 0.15) is 18.1 Å². The van der Waals surface area contributed by atoms with E-state index in [1.807, 2.05) is 48.5 Å². The van der Waals surface area contributed by atoms with Crippen LogP contribution < -0.4 is 14.8 Å². The lowest BCUT2D eigenvalue weighted by Crippen LogP contribution is -2.09. The SMILES string of the molecule is COc1ccc2nc(NC(=O)c3cc4c(s3)-c3ccccc3OC4)sc2c1. The largest absolute Gasteiger partial charge is 0.497 e. The molecule has 134 valence electrons. The second-order valence-corrected chi connectivity index (χ2v) is 8.14. The van der Waals surface area contributed by atoms with Gasteiger partial charge in [0.25, 0.3) is 5.91 Å². The first-order valence-corrected chi connectivity index (χ1v) is 9.95. The van der Waals surface area contributed by atoms with Crippen LogP contribution in [0.5, 0.6) is 11.5 Å². The quantitative estimate of drug-likeness (QED) is 0.520. The van der Waals surface area contributed by atoms with Gasteiger partial charge in [-0.2, -0.15) is 0 Å². The second-order valence-electron chi connectivity index (χ2n) is 6.06. The van der Waals surface area contributed by atoms with Gasteiger partial charge < -0.3 is 9.47 Å². The zero-order valence-electron chi connectivity index (χ0n) is 14.3. The topological polar surface area (TPSA) is 60.5 Å². The third kappa shape index (κ3) is 2.85.